The second-order valence-electron chi connectivity index (χ2n) is 7.74. The molecule has 166 valence electrons. The van der Waals surface area contributed by atoms with Gasteiger partial charge in [0.25, 0.3) is 0 Å². The van der Waals surface area contributed by atoms with Crippen LogP contribution in [-0.2, 0) is 6.18 Å². The highest BCUT2D eigenvalue weighted by Crippen LogP contribution is 2.33. The number of aryl methyl sites for hydroxylation is 2. The van der Waals surface area contributed by atoms with Crippen molar-refractivity contribution in [1.29, 1.82) is 0 Å². The molecular formula is C26H19F3N2O2. The number of nitrogens with zero attached hydrogens (tertiary/aromatic N) is 2. The van der Waals surface area contributed by atoms with E-state index in [0.29, 0.717) is 27.8 Å². The molecule has 1 heterocycles. The quantitative estimate of drug-likeness (QED) is 0.372. The molecule has 3 aromatic carbocycles. The molecule has 4 nitrogen and oxygen atoms in total. The average molecular weight is 448 g/mol. The fraction of sp³-hybridized carbons (Fsp3) is 0.115. The van der Waals surface area contributed by atoms with Crippen LogP contribution in [0.3, 0.4) is 0 Å². The lowest BCUT2D eigenvalue weighted by Crippen LogP contribution is -2.10. The van der Waals surface area contributed by atoms with Crippen LogP contribution in [0.2, 0.25) is 0 Å². The molecule has 0 saturated heterocycles. The van der Waals surface area contributed by atoms with Gasteiger partial charge in [0.1, 0.15) is 5.69 Å². The second-order valence-corrected chi connectivity index (χ2v) is 7.74. The summed E-state index contributed by atoms with van der Waals surface area (Å²) in [6.07, 6.45) is -4.64. The summed E-state index contributed by atoms with van der Waals surface area (Å²) in [6.45, 7) is 3.59. The number of rotatable bonds is 4. The Hall–Kier alpha value is -4.00. The smallest absolute Gasteiger partial charge is 0.433 e. The predicted octanol–water partition coefficient (Wildman–Crippen LogP) is 6.81. The van der Waals surface area contributed by atoms with Gasteiger partial charge in [-0.05, 0) is 48.7 Å². The van der Waals surface area contributed by atoms with E-state index in [1.54, 1.807) is 61.5 Å². The summed E-state index contributed by atoms with van der Waals surface area (Å²) in [5, 5.41) is 9.41. The van der Waals surface area contributed by atoms with Crippen molar-refractivity contribution in [1.82, 2.24) is 9.97 Å². The number of carboxylic acids is 1. The van der Waals surface area contributed by atoms with E-state index in [-0.39, 0.29) is 17.1 Å². The third kappa shape index (κ3) is 4.77. The van der Waals surface area contributed by atoms with Crippen LogP contribution in [-0.4, -0.2) is 21.0 Å². The van der Waals surface area contributed by atoms with Crippen molar-refractivity contribution >= 4 is 5.97 Å². The molecule has 0 saturated carbocycles. The standard InChI is InChI=1S/C26H19F3N2O2/c1-15-6-9-17(10-7-15)22-14-23(26(27,28)29)31-24(30-22)20-5-3-4-18(12-20)19-11-8-16(2)21(13-19)25(32)33/h3-14H,1-2H3,(H,32,33). The molecule has 0 unspecified atom stereocenters. The van der Waals surface area contributed by atoms with Crippen LogP contribution in [0.25, 0.3) is 33.8 Å². The zero-order valence-electron chi connectivity index (χ0n) is 17.8. The minimum Gasteiger partial charge on any atom is -0.478 e. The molecule has 4 rings (SSSR count). The van der Waals surface area contributed by atoms with E-state index < -0.39 is 17.8 Å². The van der Waals surface area contributed by atoms with Crippen LogP contribution in [0, 0.1) is 13.8 Å². The lowest BCUT2D eigenvalue weighted by molar-refractivity contribution is -0.141. The summed E-state index contributed by atoms with van der Waals surface area (Å²) in [4.78, 5) is 19.7. The minimum atomic E-state index is -4.64. The van der Waals surface area contributed by atoms with Crippen molar-refractivity contribution in [2.24, 2.45) is 0 Å². The Morgan fingerprint density at radius 2 is 1.42 bits per heavy atom. The number of hydrogen-bond donors (Lipinski definition) is 1. The van der Waals surface area contributed by atoms with Gasteiger partial charge in [0, 0.05) is 11.1 Å². The number of carboxylic acid groups (broad SMARTS) is 1. The Morgan fingerprint density at radius 3 is 2.09 bits per heavy atom. The normalized spacial score (nSPS) is 11.4. The fourth-order valence-corrected chi connectivity index (χ4v) is 3.46. The molecule has 0 aliphatic heterocycles. The molecule has 0 spiro atoms. The highest BCUT2D eigenvalue weighted by atomic mass is 19.4. The molecule has 1 aromatic heterocycles. The SMILES string of the molecule is Cc1ccc(-c2cc(C(F)(F)F)nc(-c3cccc(-c4ccc(C)c(C(=O)O)c4)c3)n2)cc1. The van der Waals surface area contributed by atoms with E-state index >= 15 is 0 Å². The molecule has 0 bridgehead atoms. The summed E-state index contributed by atoms with van der Waals surface area (Å²) in [7, 11) is 0. The number of aromatic nitrogens is 2. The van der Waals surface area contributed by atoms with E-state index in [9.17, 15) is 23.1 Å². The highest BCUT2D eigenvalue weighted by molar-refractivity contribution is 5.91. The summed E-state index contributed by atoms with van der Waals surface area (Å²) < 4.78 is 40.8. The number of benzene rings is 3. The lowest BCUT2D eigenvalue weighted by atomic mass is 9.98. The van der Waals surface area contributed by atoms with E-state index in [0.717, 1.165) is 11.6 Å². The molecule has 4 aromatic rings. The van der Waals surface area contributed by atoms with Crippen molar-refractivity contribution in [3.8, 4) is 33.8 Å². The first-order valence-electron chi connectivity index (χ1n) is 10.1. The van der Waals surface area contributed by atoms with Gasteiger partial charge in [0.05, 0.1) is 11.3 Å². The molecule has 1 N–H and O–H groups in total. The Kier molecular flexibility index (Phi) is 5.72. The first kappa shape index (κ1) is 22.2. The van der Waals surface area contributed by atoms with E-state index in [1.807, 2.05) is 19.1 Å². The van der Waals surface area contributed by atoms with Crippen LogP contribution < -0.4 is 0 Å². The largest absolute Gasteiger partial charge is 0.478 e. The van der Waals surface area contributed by atoms with Crippen LogP contribution in [0.5, 0.6) is 0 Å². The third-order valence-electron chi connectivity index (χ3n) is 5.29. The maximum atomic E-state index is 13.6. The third-order valence-corrected chi connectivity index (χ3v) is 5.29. The fourth-order valence-electron chi connectivity index (χ4n) is 3.46. The van der Waals surface area contributed by atoms with Gasteiger partial charge in [-0.15, -0.1) is 0 Å². The molecular weight excluding hydrogens is 429 g/mol. The summed E-state index contributed by atoms with van der Waals surface area (Å²) in [6, 6.07) is 19.7. The summed E-state index contributed by atoms with van der Waals surface area (Å²) >= 11 is 0. The van der Waals surface area contributed by atoms with Gasteiger partial charge in [-0.25, -0.2) is 14.8 Å². The topological polar surface area (TPSA) is 63.1 Å². The maximum absolute atomic E-state index is 13.6. The first-order valence-corrected chi connectivity index (χ1v) is 10.1. The summed E-state index contributed by atoms with van der Waals surface area (Å²) in [5.41, 5.74) is 3.12. The molecule has 0 fully saturated rings. The number of hydrogen-bond acceptors (Lipinski definition) is 3. The van der Waals surface area contributed by atoms with E-state index in [4.69, 9.17) is 0 Å². The maximum Gasteiger partial charge on any atom is 0.433 e. The Labute approximate surface area is 188 Å². The molecule has 33 heavy (non-hydrogen) atoms. The van der Waals surface area contributed by atoms with Gasteiger partial charge in [0.2, 0.25) is 0 Å². The molecule has 0 aliphatic rings. The Bertz CT molecular complexity index is 1350. The number of halogens is 3. The zero-order valence-corrected chi connectivity index (χ0v) is 17.8. The van der Waals surface area contributed by atoms with Gasteiger partial charge in [-0.2, -0.15) is 13.2 Å². The van der Waals surface area contributed by atoms with Gasteiger partial charge >= 0.3 is 12.1 Å². The predicted molar refractivity (Wildman–Crippen MR) is 120 cm³/mol. The minimum absolute atomic E-state index is 0.0622. The van der Waals surface area contributed by atoms with Crippen molar-refractivity contribution < 1.29 is 23.1 Å². The van der Waals surface area contributed by atoms with Crippen LogP contribution in [0.1, 0.15) is 27.2 Å². The van der Waals surface area contributed by atoms with Gasteiger partial charge in [-0.1, -0.05) is 60.2 Å². The molecule has 0 aliphatic carbocycles. The van der Waals surface area contributed by atoms with Crippen molar-refractivity contribution in [3.63, 3.8) is 0 Å². The van der Waals surface area contributed by atoms with Crippen molar-refractivity contribution in [3.05, 3.63) is 95.2 Å². The first-order chi connectivity index (χ1) is 15.6. The monoisotopic (exact) mass is 448 g/mol. The Morgan fingerprint density at radius 1 is 0.788 bits per heavy atom. The van der Waals surface area contributed by atoms with Gasteiger partial charge < -0.3 is 5.11 Å². The van der Waals surface area contributed by atoms with Crippen LogP contribution in [0.15, 0.2) is 72.8 Å². The number of aromatic carboxylic acids is 1. The molecule has 0 radical (unpaired) electrons. The zero-order chi connectivity index (χ0) is 23.8. The molecule has 0 atom stereocenters. The molecule has 0 amide bonds. The van der Waals surface area contributed by atoms with Gasteiger partial charge in [0.15, 0.2) is 5.82 Å². The lowest BCUT2D eigenvalue weighted by Gasteiger charge is -2.12. The van der Waals surface area contributed by atoms with Gasteiger partial charge in [-0.3, -0.25) is 0 Å². The van der Waals surface area contributed by atoms with Crippen LogP contribution >= 0.6 is 0 Å². The number of carbonyl (C=O) groups is 1. The van der Waals surface area contributed by atoms with Crippen molar-refractivity contribution in [2.45, 2.75) is 20.0 Å². The average Bonchev–Trinajstić information content (AvgIpc) is 2.79. The summed E-state index contributed by atoms with van der Waals surface area (Å²) in [5.74, 6) is -1.11. The second kappa shape index (κ2) is 8.50. The highest BCUT2D eigenvalue weighted by Gasteiger charge is 2.34. The van der Waals surface area contributed by atoms with E-state index in [1.165, 1.54) is 0 Å². The Balaban J connectivity index is 1.84. The molecule has 7 heteroatoms. The van der Waals surface area contributed by atoms with Crippen LogP contribution in [0.4, 0.5) is 13.2 Å². The van der Waals surface area contributed by atoms with E-state index in [2.05, 4.69) is 9.97 Å². The van der Waals surface area contributed by atoms with Crippen molar-refractivity contribution in [2.75, 3.05) is 0 Å². The number of alkyl halides is 3.